The van der Waals surface area contributed by atoms with E-state index in [0.29, 0.717) is 5.92 Å². The molecule has 0 saturated heterocycles. The number of halogens is 1. The standard InChI is InChI=1S/C13H19BrN2/c1-3-16-9-10(6-7-15-2)12-8-11(14)4-5-13(12)16/h4-5,8,10,15H,3,6-7,9H2,1-2H3. The summed E-state index contributed by atoms with van der Waals surface area (Å²) in [5, 5.41) is 3.24. The highest BCUT2D eigenvalue weighted by Crippen LogP contribution is 2.39. The van der Waals surface area contributed by atoms with E-state index in [4.69, 9.17) is 0 Å². The summed E-state index contributed by atoms with van der Waals surface area (Å²) in [6, 6.07) is 6.66. The van der Waals surface area contributed by atoms with Crippen LogP contribution in [0.2, 0.25) is 0 Å². The zero-order chi connectivity index (χ0) is 11.5. The smallest absolute Gasteiger partial charge is 0.0403 e. The molecule has 0 aliphatic carbocycles. The van der Waals surface area contributed by atoms with E-state index in [0.717, 1.165) is 13.1 Å². The molecule has 1 heterocycles. The molecule has 1 aromatic rings. The number of benzene rings is 1. The highest BCUT2D eigenvalue weighted by molar-refractivity contribution is 9.10. The molecule has 1 atom stereocenters. The van der Waals surface area contributed by atoms with Gasteiger partial charge in [0.1, 0.15) is 0 Å². The van der Waals surface area contributed by atoms with Gasteiger partial charge in [0.25, 0.3) is 0 Å². The molecule has 2 nitrogen and oxygen atoms in total. The van der Waals surface area contributed by atoms with Crippen LogP contribution >= 0.6 is 15.9 Å². The number of likely N-dealkylation sites (N-methyl/N-ethyl adjacent to an activating group) is 1. The van der Waals surface area contributed by atoms with Crippen LogP contribution in [0.15, 0.2) is 22.7 Å². The van der Waals surface area contributed by atoms with E-state index in [-0.39, 0.29) is 0 Å². The lowest BCUT2D eigenvalue weighted by Gasteiger charge is -2.17. The van der Waals surface area contributed by atoms with E-state index >= 15 is 0 Å². The van der Waals surface area contributed by atoms with Gasteiger partial charge in [-0.15, -0.1) is 0 Å². The minimum absolute atomic E-state index is 0.680. The molecule has 88 valence electrons. The van der Waals surface area contributed by atoms with Crippen LogP contribution in [-0.2, 0) is 0 Å². The minimum Gasteiger partial charge on any atom is -0.371 e. The summed E-state index contributed by atoms with van der Waals surface area (Å²) < 4.78 is 1.19. The predicted octanol–water partition coefficient (Wildman–Crippen LogP) is 2.98. The maximum Gasteiger partial charge on any atom is 0.0403 e. The Morgan fingerprint density at radius 1 is 1.50 bits per heavy atom. The van der Waals surface area contributed by atoms with E-state index in [2.05, 4.69) is 51.3 Å². The van der Waals surface area contributed by atoms with Crippen LogP contribution < -0.4 is 10.2 Å². The number of nitrogens with zero attached hydrogens (tertiary/aromatic N) is 1. The van der Waals surface area contributed by atoms with Crippen molar-refractivity contribution in [2.45, 2.75) is 19.3 Å². The van der Waals surface area contributed by atoms with Gasteiger partial charge in [0.2, 0.25) is 0 Å². The van der Waals surface area contributed by atoms with E-state index in [1.54, 1.807) is 0 Å². The van der Waals surface area contributed by atoms with E-state index in [9.17, 15) is 0 Å². The third kappa shape index (κ3) is 2.25. The molecule has 1 unspecified atom stereocenters. The van der Waals surface area contributed by atoms with Gasteiger partial charge in [-0.3, -0.25) is 0 Å². The highest BCUT2D eigenvalue weighted by Gasteiger charge is 2.27. The van der Waals surface area contributed by atoms with Crippen molar-refractivity contribution in [1.29, 1.82) is 0 Å². The SMILES string of the molecule is CCN1CC(CCNC)c2cc(Br)ccc21. The number of hydrogen-bond acceptors (Lipinski definition) is 2. The molecular weight excluding hydrogens is 264 g/mol. The lowest BCUT2D eigenvalue weighted by atomic mass is 9.98. The van der Waals surface area contributed by atoms with Crippen molar-refractivity contribution < 1.29 is 0 Å². The fourth-order valence-corrected chi connectivity index (χ4v) is 2.85. The molecule has 2 rings (SSSR count). The fraction of sp³-hybridized carbons (Fsp3) is 0.538. The van der Waals surface area contributed by atoms with Gasteiger partial charge in [0.05, 0.1) is 0 Å². The summed E-state index contributed by atoms with van der Waals surface area (Å²) >= 11 is 3.57. The molecule has 1 aromatic carbocycles. The fourth-order valence-electron chi connectivity index (χ4n) is 2.47. The third-order valence-corrected chi connectivity index (χ3v) is 3.83. The normalized spacial score (nSPS) is 18.9. The number of fused-ring (bicyclic) bond motifs is 1. The van der Waals surface area contributed by atoms with Gasteiger partial charge in [-0.1, -0.05) is 15.9 Å². The number of hydrogen-bond donors (Lipinski definition) is 1. The van der Waals surface area contributed by atoms with Crippen LogP contribution in [0.3, 0.4) is 0 Å². The van der Waals surface area contributed by atoms with Crippen molar-refractivity contribution in [1.82, 2.24) is 5.32 Å². The first kappa shape index (κ1) is 11.9. The Labute approximate surface area is 106 Å². The van der Waals surface area contributed by atoms with Crippen LogP contribution in [0.25, 0.3) is 0 Å². The molecule has 0 aromatic heterocycles. The Hall–Kier alpha value is -0.540. The summed E-state index contributed by atoms with van der Waals surface area (Å²) in [6.07, 6.45) is 1.22. The van der Waals surface area contributed by atoms with Crippen molar-refractivity contribution in [3.05, 3.63) is 28.2 Å². The Balaban J connectivity index is 2.24. The van der Waals surface area contributed by atoms with Gasteiger partial charge < -0.3 is 10.2 Å². The molecule has 0 bridgehead atoms. The van der Waals surface area contributed by atoms with Crippen molar-refractivity contribution in [3.63, 3.8) is 0 Å². The molecule has 16 heavy (non-hydrogen) atoms. The molecule has 1 aliphatic rings. The molecule has 1 N–H and O–H groups in total. The number of anilines is 1. The van der Waals surface area contributed by atoms with Crippen LogP contribution in [0.4, 0.5) is 5.69 Å². The summed E-state index contributed by atoms with van der Waals surface area (Å²) in [5.41, 5.74) is 2.93. The first-order chi connectivity index (χ1) is 7.76. The predicted molar refractivity (Wildman–Crippen MR) is 73.3 cm³/mol. The molecule has 0 amide bonds. The Bertz CT molecular complexity index is 365. The number of nitrogens with one attached hydrogen (secondary N) is 1. The zero-order valence-corrected chi connectivity index (χ0v) is 11.5. The van der Waals surface area contributed by atoms with Gasteiger partial charge in [0, 0.05) is 29.2 Å². The maximum absolute atomic E-state index is 3.57. The van der Waals surface area contributed by atoms with Crippen molar-refractivity contribution in [2.75, 3.05) is 31.6 Å². The van der Waals surface area contributed by atoms with E-state index in [1.165, 1.54) is 28.7 Å². The molecule has 0 spiro atoms. The van der Waals surface area contributed by atoms with E-state index < -0.39 is 0 Å². The summed E-state index contributed by atoms with van der Waals surface area (Å²) in [4.78, 5) is 2.47. The monoisotopic (exact) mass is 282 g/mol. The average Bonchev–Trinajstić information content (AvgIpc) is 2.64. The van der Waals surface area contributed by atoms with Crippen LogP contribution in [0.1, 0.15) is 24.8 Å². The first-order valence-corrected chi connectivity index (χ1v) is 6.74. The lowest BCUT2D eigenvalue weighted by Crippen LogP contribution is -2.22. The van der Waals surface area contributed by atoms with Crippen molar-refractivity contribution in [2.24, 2.45) is 0 Å². The maximum atomic E-state index is 3.57. The van der Waals surface area contributed by atoms with Gasteiger partial charge in [-0.25, -0.2) is 0 Å². The Morgan fingerprint density at radius 3 is 3.00 bits per heavy atom. The highest BCUT2D eigenvalue weighted by atomic mass is 79.9. The summed E-state index contributed by atoms with van der Waals surface area (Å²) in [5.74, 6) is 0.680. The third-order valence-electron chi connectivity index (χ3n) is 3.34. The number of rotatable bonds is 4. The molecule has 0 radical (unpaired) electrons. The molecular formula is C13H19BrN2. The quantitative estimate of drug-likeness (QED) is 0.914. The lowest BCUT2D eigenvalue weighted by molar-refractivity contribution is 0.611. The average molecular weight is 283 g/mol. The van der Waals surface area contributed by atoms with Crippen molar-refractivity contribution >= 4 is 21.6 Å². The zero-order valence-electron chi connectivity index (χ0n) is 9.96. The van der Waals surface area contributed by atoms with Crippen LogP contribution in [0, 0.1) is 0 Å². The minimum atomic E-state index is 0.680. The van der Waals surface area contributed by atoms with Crippen LogP contribution in [-0.4, -0.2) is 26.7 Å². The van der Waals surface area contributed by atoms with Gasteiger partial charge in [-0.05, 0) is 50.7 Å². The Morgan fingerprint density at radius 2 is 2.31 bits per heavy atom. The van der Waals surface area contributed by atoms with Gasteiger partial charge >= 0.3 is 0 Å². The van der Waals surface area contributed by atoms with Crippen molar-refractivity contribution in [3.8, 4) is 0 Å². The second kappa shape index (κ2) is 5.19. The topological polar surface area (TPSA) is 15.3 Å². The molecule has 1 aliphatic heterocycles. The first-order valence-electron chi connectivity index (χ1n) is 5.95. The summed E-state index contributed by atoms with van der Waals surface area (Å²) in [6.45, 7) is 5.59. The molecule has 3 heteroatoms. The second-order valence-electron chi connectivity index (χ2n) is 4.33. The molecule has 0 fully saturated rings. The van der Waals surface area contributed by atoms with Gasteiger partial charge in [-0.2, -0.15) is 0 Å². The van der Waals surface area contributed by atoms with E-state index in [1.807, 2.05) is 7.05 Å². The van der Waals surface area contributed by atoms with Crippen LogP contribution in [0.5, 0.6) is 0 Å². The largest absolute Gasteiger partial charge is 0.371 e. The van der Waals surface area contributed by atoms with Gasteiger partial charge in [0.15, 0.2) is 0 Å². The molecule has 0 saturated carbocycles. The Kier molecular flexibility index (Phi) is 3.87. The second-order valence-corrected chi connectivity index (χ2v) is 5.25. The summed E-state index contributed by atoms with van der Waals surface area (Å²) in [7, 11) is 2.02.